The van der Waals surface area contributed by atoms with E-state index in [0.717, 1.165) is 36.4 Å². The molecule has 6 rings (SSSR count). The molecule has 506 valence electrons. The number of Topliss-reactive ketones (excluding diaryl/α,β-unsaturated/α-hetero) is 3. The Kier molecular flexibility index (Phi) is 27.1. The number of ether oxygens (including phenoxy) is 11. The van der Waals surface area contributed by atoms with Crippen LogP contribution in [0.25, 0.3) is 0 Å². The summed E-state index contributed by atoms with van der Waals surface area (Å²) in [5.74, 6) is -16.4. The lowest BCUT2D eigenvalue weighted by molar-refractivity contribution is -0.290. The number of carbonyl (C=O) groups is 9. The number of phenols is 6. The van der Waals surface area contributed by atoms with Crippen LogP contribution in [0.3, 0.4) is 0 Å². The van der Waals surface area contributed by atoms with Gasteiger partial charge in [0.25, 0.3) is 0 Å². The lowest BCUT2D eigenvalue weighted by Gasteiger charge is -2.45. The van der Waals surface area contributed by atoms with Crippen LogP contribution in [0.15, 0.2) is 36.4 Å². The van der Waals surface area contributed by atoms with Crippen LogP contribution in [0.1, 0.15) is 186 Å². The number of hydrogen-bond acceptors (Lipinski definition) is 26. The third-order valence-electron chi connectivity index (χ3n) is 15.4. The number of phenolic OH excluding ortho intramolecular Hbond substituents is 6. The first kappa shape index (κ1) is 72.7. The minimum atomic E-state index is -1.93. The number of rotatable bonds is 33. The van der Waals surface area contributed by atoms with Crippen LogP contribution in [0, 0.1) is 17.8 Å². The average Bonchev–Trinajstić information content (AvgIpc) is 0.775. The maximum Gasteiger partial charge on any atom is 0.338 e. The van der Waals surface area contributed by atoms with Gasteiger partial charge in [-0.15, -0.1) is 0 Å². The van der Waals surface area contributed by atoms with Gasteiger partial charge < -0.3 is 82.7 Å². The van der Waals surface area contributed by atoms with Gasteiger partial charge in [0, 0.05) is 87.0 Å². The Balaban J connectivity index is 1.37. The van der Waals surface area contributed by atoms with Crippen LogP contribution in [-0.4, -0.2) is 146 Å². The Bertz CT molecular complexity index is 3050. The van der Waals surface area contributed by atoms with E-state index in [2.05, 4.69) is 0 Å². The number of ketones is 3. The molecule has 0 unspecified atom stereocenters. The van der Waals surface area contributed by atoms with E-state index in [-0.39, 0.29) is 81.1 Å². The molecule has 3 aromatic rings. The largest absolute Gasteiger partial charge is 0.508 e. The second-order valence-corrected chi connectivity index (χ2v) is 22.9. The zero-order valence-corrected chi connectivity index (χ0v) is 53.2. The number of aromatic hydroxyl groups is 6. The minimum absolute atomic E-state index is 0.00583. The highest BCUT2D eigenvalue weighted by Crippen LogP contribution is 2.49. The molecule has 3 aliphatic heterocycles. The van der Waals surface area contributed by atoms with E-state index in [1.54, 1.807) is 55.4 Å². The van der Waals surface area contributed by atoms with Crippen molar-refractivity contribution in [1.29, 1.82) is 0 Å². The minimum Gasteiger partial charge on any atom is -0.508 e. The first-order valence-electron chi connectivity index (χ1n) is 31.6. The first-order valence-corrected chi connectivity index (χ1v) is 31.6. The van der Waals surface area contributed by atoms with E-state index >= 15 is 0 Å². The van der Waals surface area contributed by atoms with E-state index < -0.39 is 191 Å². The fraction of sp³-hybridized carbons (Fsp3) is 0.591. The van der Waals surface area contributed by atoms with Crippen molar-refractivity contribution >= 4 is 53.2 Å². The van der Waals surface area contributed by atoms with Crippen molar-refractivity contribution in [2.45, 2.75) is 220 Å². The molecule has 3 heterocycles. The molecule has 0 bridgehead atoms. The third-order valence-corrected chi connectivity index (χ3v) is 15.4. The molecular formula is C66H86O26. The van der Waals surface area contributed by atoms with Crippen LogP contribution >= 0.6 is 0 Å². The van der Waals surface area contributed by atoms with Gasteiger partial charge in [0.05, 0.1) is 17.4 Å². The maximum absolute atomic E-state index is 14.4. The lowest BCUT2D eigenvalue weighted by Crippen LogP contribution is -2.63. The highest BCUT2D eigenvalue weighted by Gasteiger charge is 2.56. The summed E-state index contributed by atoms with van der Waals surface area (Å²) in [5, 5.41) is 68.5. The van der Waals surface area contributed by atoms with Gasteiger partial charge in [0.15, 0.2) is 41.3 Å². The van der Waals surface area contributed by atoms with Gasteiger partial charge in [-0.25, -0.2) is 4.79 Å². The third kappa shape index (κ3) is 18.4. The van der Waals surface area contributed by atoms with E-state index in [1.807, 2.05) is 0 Å². The van der Waals surface area contributed by atoms with Crippen LogP contribution in [-0.2, 0) is 82.7 Å². The molecule has 0 aliphatic carbocycles. The molecule has 0 radical (unpaired) electrons. The molecule has 26 nitrogen and oxygen atoms in total. The van der Waals surface area contributed by atoms with E-state index in [9.17, 15) is 73.8 Å². The van der Waals surface area contributed by atoms with Gasteiger partial charge in [0.1, 0.15) is 66.1 Å². The van der Waals surface area contributed by atoms with Crippen molar-refractivity contribution in [1.82, 2.24) is 0 Å². The van der Waals surface area contributed by atoms with E-state index in [4.69, 9.17) is 52.1 Å². The Labute approximate surface area is 533 Å². The zero-order chi connectivity index (χ0) is 67.5. The molecule has 0 aromatic heterocycles. The summed E-state index contributed by atoms with van der Waals surface area (Å²) in [7, 11) is 0. The normalized spacial score (nSPS) is 23.3. The second-order valence-electron chi connectivity index (χ2n) is 22.9. The molecule has 0 saturated carbocycles. The zero-order valence-electron chi connectivity index (χ0n) is 53.2. The molecular weight excluding hydrogens is 1210 g/mol. The molecule has 0 spiro atoms. The topological polar surface area (TPSA) is 377 Å². The predicted octanol–water partition coefficient (Wildman–Crippen LogP) is 8.81. The predicted molar refractivity (Wildman–Crippen MR) is 320 cm³/mol. The molecule has 2 saturated heterocycles. The highest BCUT2D eigenvalue weighted by molar-refractivity contribution is 5.96. The Hall–Kier alpha value is -8.39. The molecule has 3 aliphatic rings. The Morgan fingerprint density at radius 3 is 1.37 bits per heavy atom. The Morgan fingerprint density at radius 1 is 0.435 bits per heavy atom. The fourth-order valence-electron chi connectivity index (χ4n) is 11.3. The van der Waals surface area contributed by atoms with E-state index in [1.165, 1.54) is 0 Å². The van der Waals surface area contributed by atoms with Gasteiger partial charge in [-0.1, -0.05) is 55.4 Å². The summed E-state index contributed by atoms with van der Waals surface area (Å²) in [6, 6.07) is 5.87. The van der Waals surface area contributed by atoms with Gasteiger partial charge in [0.2, 0.25) is 30.2 Å². The van der Waals surface area contributed by atoms with Crippen molar-refractivity contribution in [2.24, 2.45) is 17.8 Å². The van der Waals surface area contributed by atoms with Gasteiger partial charge in [-0.2, -0.15) is 0 Å². The molecule has 26 heteroatoms. The van der Waals surface area contributed by atoms with Gasteiger partial charge >= 0.3 is 35.8 Å². The molecule has 3 aromatic carbocycles. The summed E-state index contributed by atoms with van der Waals surface area (Å²) in [6.45, 7) is 12.7. The van der Waals surface area contributed by atoms with Gasteiger partial charge in [-0.05, 0) is 75.6 Å². The quantitative estimate of drug-likeness (QED) is 0.0245. The number of benzene rings is 3. The smallest absolute Gasteiger partial charge is 0.338 e. The maximum atomic E-state index is 14.4. The monoisotopic (exact) mass is 1290 g/mol. The van der Waals surface area contributed by atoms with Crippen molar-refractivity contribution < 1.29 is 126 Å². The standard InChI is InChI=1S/C66H86O26/c1-9-17-38(68)55-48(32-82-50(76)20-12-4)86-65(57(40(70)19-11-3)56(55)39(69)18-10-2)91-59-42(72)25-34(26-43(59)73)58-47(31-37-41(71)29-36(67)30-46(37)84-58)85-64(81)35-27-44(74)60(45(75)28-35)92-66-63(90-54(80)24-16-8)62(89-53(79)23-15-7)61(88-52(78)22-14-6)49(87-66)33-83-51(77)21-13-5/h25-30,47-49,55-58,61-63,65-67,71-75H,9-24,31-33H2,1-8H3/t47-,48+,49-,55-,56+,57-,58-,61+,62+,63-,65+,66+/m1/s1. The number of esters is 6. The summed E-state index contributed by atoms with van der Waals surface area (Å²) < 4.78 is 65.5. The fourth-order valence-corrected chi connectivity index (χ4v) is 11.3. The van der Waals surface area contributed by atoms with Crippen LogP contribution in [0.4, 0.5) is 0 Å². The molecule has 2 fully saturated rings. The number of hydrogen-bond donors (Lipinski definition) is 6. The van der Waals surface area contributed by atoms with Crippen LogP contribution < -0.4 is 14.2 Å². The summed E-state index contributed by atoms with van der Waals surface area (Å²) in [6.07, 6.45) is -12.7. The van der Waals surface area contributed by atoms with Crippen molar-refractivity contribution in [3.63, 3.8) is 0 Å². The van der Waals surface area contributed by atoms with Crippen molar-refractivity contribution in [2.75, 3.05) is 13.2 Å². The molecule has 0 amide bonds. The van der Waals surface area contributed by atoms with Crippen molar-refractivity contribution in [3.05, 3.63) is 53.1 Å². The molecule has 12 atom stereocenters. The average molecular weight is 1300 g/mol. The lowest BCUT2D eigenvalue weighted by atomic mass is 9.68. The highest BCUT2D eigenvalue weighted by atomic mass is 16.7. The number of fused-ring (bicyclic) bond motifs is 1. The molecule has 6 N–H and O–H groups in total. The first-order chi connectivity index (χ1) is 43.9. The summed E-state index contributed by atoms with van der Waals surface area (Å²) >= 11 is 0. The van der Waals surface area contributed by atoms with Gasteiger partial charge in [-0.3, -0.25) is 38.4 Å². The summed E-state index contributed by atoms with van der Waals surface area (Å²) in [4.78, 5) is 122. The number of carbonyl (C=O) groups excluding carboxylic acids is 9. The van der Waals surface area contributed by atoms with Crippen LogP contribution in [0.2, 0.25) is 0 Å². The Morgan fingerprint density at radius 2 is 0.859 bits per heavy atom. The SMILES string of the molecule is CCCC(=O)OC[C@@H]1O[C@@H](Oc2c(O)cc([C@H]3Oc4cc(O)cc(O)c4C[C@H]3OC(=O)c3cc(O)c(O[C@@H]4O[C@H](COC(=O)CCC)[C@H](OC(=O)CCC)[C@H](OC(=O)CCC)[C@H]4OC(=O)CCC)c(O)c3)cc2O)[C@H](C(=O)CCC)[C@@H](C(=O)CCC)[C@@H]1C(=O)CCC. The molecule has 92 heavy (non-hydrogen) atoms. The van der Waals surface area contributed by atoms with E-state index in [0.29, 0.717) is 44.9 Å². The van der Waals surface area contributed by atoms with Crippen LogP contribution in [0.5, 0.6) is 51.7 Å². The summed E-state index contributed by atoms with van der Waals surface area (Å²) in [5.41, 5.74) is -0.644. The van der Waals surface area contributed by atoms with Crippen molar-refractivity contribution in [3.8, 4) is 51.7 Å². The second kappa shape index (κ2) is 34.3.